The Bertz CT molecular complexity index is 3410. The molecule has 0 aliphatic carbocycles. The van der Waals surface area contributed by atoms with Crippen molar-refractivity contribution in [2.75, 3.05) is 0 Å². The first-order chi connectivity index (χ1) is 25.8. The zero-order valence-corrected chi connectivity index (χ0v) is 27.9. The number of hydrogen-bond donors (Lipinski definition) is 0. The van der Waals surface area contributed by atoms with Crippen molar-refractivity contribution >= 4 is 87.5 Å². The van der Waals surface area contributed by atoms with Gasteiger partial charge in [0.1, 0.15) is 22.3 Å². The van der Waals surface area contributed by atoms with E-state index in [-0.39, 0.29) is 0 Å². The molecule has 0 aliphatic heterocycles. The van der Waals surface area contributed by atoms with Crippen LogP contribution in [-0.2, 0) is 0 Å². The molecule has 12 aromatic rings. The molecule has 52 heavy (non-hydrogen) atoms. The van der Waals surface area contributed by atoms with E-state index in [1.165, 1.54) is 38.1 Å². The highest BCUT2D eigenvalue weighted by atomic mass is 16.3. The maximum atomic E-state index is 6.92. The lowest BCUT2D eigenvalue weighted by Gasteiger charge is -2.13. The lowest BCUT2D eigenvalue weighted by atomic mass is 9.97. The van der Waals surface area contributed by atoms with Crippen LogP contribution in [0.3, 0.4) is 0 Å². The molecule has 0 unspecified atom stereocenters. The molecule has 242 valence electrons. The highest BCUT2D eigenvalue weighted by Crippen LogP contribution is 2.46. The zero-order chi connectivity index (χ0) is 33.9. The molecule has 0 atom stereocenters. The van der Waals surface area contributed by atoms with Crippen molar-refractivity contribution in [3.8, 4) is 22.5 Å². The van der Waals surface area contributed by atoms with Crippen LogP contribution in [0.4, 0.5) is 0 Å². The molecule has 0 amide bonds. The molecule has 0 saturated carbocycles. The van der Waals surface area contributed by atoms with Crippen LogP contribution in [-0.4, -0.2) is 9.13 Å². The molecule has 4 heterocycles. The molecule has 4 nitrogen and oxygen atoms in total. The van der Waals surface area contributed by atoms with Crippen LogP contribution in [0.1, 0.15) is 0 Å². The van der Waals surface area contributed by atoms with Gasteiger partial charge in [-0.3, -0.25) is 0 Å². The summed E-state index contributed by atoms with van der Waals surface area (Å²) < 4.78 is 18.1. The van der Waals surface area contributed by atoms with Crippen molar-refractivity contribution in [2.24, 2.45) is 0 Å². The Hall–Kier alpha value is -7.04. The molecule has 0 saturated heterocycles. The molecule has 4 aromatic heterocycles. The Balaban J connectivity index is 1.23. The Labute approximate surface area is 296 Å². The van der Waals surface area contributed by atoms with Gasteiger partial charge in [-0.1, -0.05) is 121 Å². The summed E-state index contributed by atoms with van der Waals surface area (Å²) in [6, 6.07) is 60.4. The fourth-order valence-corrected chi connectivity index (χ4v) is 8.82. The van der Waals surface area contributed by atoms with Gasteiger partial charge in [-0.2, -0.15) is 0 Å². The fourth-order valence-electron chi connectivity index (χ4n) is 8.82. The number of furan rings is 2. The quantitative estimate of drug-likeness (QED) is 0.188. The number of hydrogen-bond acceptors (Lipinski definition) is 2. The second-order valence-corrected chi connectivity index (χ2v) is 13.6. The van der Waals surface area contributed by atoms with E-state index in [0.29, 0.717) is 0 Å². The predicted molar refractivity (Wildman–Crippen MR) is 215 cm³/mol. The Morgan fingerprint density at radius 1 is 0.327 bits per heavy atom. The van der Waals surface area contributed by atoms with Crippen molar-refractivity contribution < 1.29 is 8.83 Å². The smallest absolute Gasteiger partial charge is 0.143 e. The molecule has 0 N–H and O–H groups in total. The molecular formula is C48H28N2O2. The van der Waals surface area contributed by atoms with Gasteiger partial charge in [0.25, 0.3) is 0 Å². The lowest BCUT2D eigenvalue weighted by molar-refractivity contribution is 0.668. The van der Waals surface area contributed by atoms with Crippen LogP contribution in [0, 0.1) is 0 Å². The van der Waals surface area contributed by atoms with Gasteiger partial charge in [0.15, 0.2) is 0 Å². The summed E-state index contributed by atoms with van der Waals surface area (Å²) in [5.74, 6) is 0. The summed E-state index contributed by atoms with van der Waals surface area (Å²) >= 11 is 0. The maximum Gasteiger partial charge on any atom is 0.143 e. The van der Waals surface area contributed by atoms with Gasteiger partial charge in [0.05, 0.1) is 33.1 Å². The van der Waals surface area contributed by atoms with E-state index < -0.39 is 0 Å². The van der Waals surface area contributed by atoms with Gasteiger partial charge < -0.3 is 18.0 Å². The average molecular weight is 665 g/mol. The summed E-state index contributed by atoms with van der Waals surface area (Å²) in [5.41, 5.74) is 12.5. The van der Waals surface area contributed by atoms with E-state index in [4.69, 9.17) is 8.83 Å². The van der Waals surface area contributed by atoms with E-state index in [2.05, 4.69) is 161 Å². The molecule has 0 spiro atoms. The summed E-state index contributed by atoms with van der Waals surface area (Å²) in [6.45, 7) is 0. The molecule has 12 rings (SSSR count). The number of benzene rings is 8. The number of rotatable bonds is 3. The van der Waals surface area contributed by atoms with Gasteiger partial charge in [0.2, 0.25) is 0 Å². The van der Waals surface area contributed by atoms with Crippen molar-refractivity contribution in [1.29, 1.82) is 0 Å². The Kier molecular flexibility index (Phi) is 5.47. The monoisotopic (exact) mass is 664 g/mol. The third-order valence-corrected chi connectivity index (χ3v) is 10.9. The van der Waals surface area contributed by atoms with Crippen molar-refractivity contribution in [3.05, 3.63) is 170 Å². The topological polar surface area (TPSA) is 36.1 Å². The number of fused-ring (bicyclic) bond motifs is 13. The fraction of sp³-hybridized carbons (Fsp3) is 0. The number of para-hydroxylation sites is 5. The lowest BCUT2D eigenvalue weighted by Crippen LogP contribution is -1.99. The number of aromatic nitrogens is 2. The highest BCUT2D eigenvalue weighted by molar-refractivity contribution is 6.25. The van der Waals surface area contributed by atoms with E-state index in [0.717, 1.165) is 71.9 Å². The van der Waals surface area contributed by atoms with Gasteiger partial charge in [-0.05, 0) is 54.1 Å². The van der Waals surface area contributed by atoms with Crippen LogP contribution >= 0.6 is 0 Å². The van der Waals surface area contributed by atoms with E-state index in [9.17, 15) is 0 Å². The minimum Gasteiger partial charge on any atom is -0.456 e. The van der Waals surface area contributed by atoms with E-state index in [1.807, 2.05) is 18.2 Å². The minimum absolute atomic E-state index is 0.853. The maximum absolute atomic E-state index is 6.92. The van der Waals surface area contributed by atoms with Crippen LogP contribution in [0.15, 0.2) is 179 Å². The van der Waals surface area contributed by atoms with E-state index in [1.54, 1.807) is 0 Å². The molecular weight excluding hydrogens is 637 g/mol. The van der Waals surface area contributed by atoms with Crippen molar-refractivity contribution in [3.63, 3.8) is 0 Å². The molecule has 0 fully saturated rings. The second-order valence-electron chi connectivity index (χ2n) is 13.6. The third kappa shape index (κ3) is 3.60. The summed E-state index contributed by atoms with van der Waals surface area (Å²) in [5, 5.41) is 9.26. The van der Waals surface area contributed by atoms with Crippen molar-refractivity contribution in [2.45, 2.75) is 0 Å². The first kappa shape index (κ1) is 27.7. The van der Waals surface area contributed by atoms with Crippen LogP contribution in [0.5, 0.6) is 0 Å². The Morgan fingerprint density at radius 2 is 0.885 bits per heavy atom. The van der Waals surface area contributed by atoms with Crippen LogP contribution < -0.4 is 0 Å². The van der Waals surface area contributed by atoms with E-state index >= 15 is 0 Å². The molecule has 8 aromatic carbocycles. The minimum atomic E-state index is 0.853. The first-order valence-corrected chi connectivity index (χ1v) is 17.7. The molecule has 0 radical (unpaired) electrons. The normalized spacial score (nSPS) is 12.2. The molecule has 0 aliphatic rings. The van der Waals surface area contributed by atoms with Crippen molar-refractivity contribution in [1.82, 2.24) is 9.13 Å². The summed E-state index contributed by atoms with van der Waals surface area (Å²) in [7, 11) is 0. The van der Waals surface area contributed by atoms with Gasteiger partial charge in [-0.15, -0.1) is 0 Å². The first-order valence-electron chi connectivity index (χ1n) is 17.7. The summed E-state index contributed by atoms with van der Waals surface area (Å²) in [4.78, 5) is 0. The third-order valence-electron chi connectivity index (χ3n) is 10.9. The SMILES string of the molecule is c1ccc(-n2c3ccccc3c3ccc4c5ccccc5n(-c5cccc6oc7c(-c8cccc9oc%10ccccc%10c89)cccc7c56)c4c32)cc1. The van der Waals surface area contributed by atoms with Gasteiger partial charge in [-0.25, -0.2) is 0 Å². The predicted octanol–water partition coefficient (Wildman–Crippen LogP) is 13.3. The standard InChI is InChI=1S/C48H28N2O2/c1-2-13-29(14-3-1)49-38-21-7-4-15-30(38)33-27-28-34-31-16-5-8-22-39(31)50(47(34)46(33)49)40-23-12-26-43-45(40)37-20-10-19-35(48(37)52-43)32-18-11-25-42-44(32)36-17-6-9-24-41(36)51-42/h1-28H. The summed E-state index contributed by atoms with van der Waals surface area (Å²) in [6.07, 6.45) is 0. The zero-order valence-electron chi connectivity index (χ0n) is 27.9. The second kappa shape index (κ2) is 10.3. The van der Waals surface area contributed by atoms with Crippen LogP contribution in [0.25, 0.3) is 110 Å². The Morgan fingerprint density at radius 3 is 1.67 bits per heavy atom. The number of nitrogens with zero attached hydrogens (tertiary/aromatic N) is 2. The van der Waals surface area contributed by atoms with Gasteiger partial charge >= 0.3 is 0 Å². The van der Waals surface area contributed by atoms with Gasteiger partial charge in [0, 0.05) is 49.0 Å². The highest BCUT2D eigenvalue weighted by Gasteiger charge is 2.24. The average Bonchev–Trinajstić information content (AvgIpc) is 3.96. The largest absolute Gasteiger partial charge is 0.456 e. The molecule has 4 heteroatoms. The molecule has 0 bridgehead atoms. The van der Waals surface area contributed by atoms with Crippen LogP contribution in [0.2, 0.25) is 0 Å².